The lowest BCUT2D eigenvalue weighted by Gasteiger charge is -1.98. The highest BCUT2D eigenvalue weighted by Crippen LogP contribution is 2.30. The average molecular weight is 249 g/mol. The molecule has 0 saturated heterocycles. The highest BCUT2D eigenvalue weighted by Gasteiger charge is 2.10. The molecule has 0 amide bonds. The van der Waals surface area contributed by atoms with E-state index in [1.807, 2.05) is 0 Å². The van der Waals surface area contributed by atoms with Gasteiger partial charge >= 0.3 is 0 Å². The van der Waals surface area contributed by atoms with E-state index in [0.29, 0.717) is 12.5 Å². The molecule has 0 unspecified atom stereocenters. The molecule has 4 heteroatoms. The molecular formula is C8H13BrN2S. The van der Waals surface area contributed by atoms with E-state index in [2.05, 4.69) is 34.8 Å². The number of hydrogen-bond acceptors (Lipinski definition) is 3. The first-order chi connectivity index (χ1) is 5.65. The Bertz CT molecular complexity index is 258. The van der Waals surface area contributed by atoms with Gasteiger partial charge < -0.3 is 5.73 Å². The van der Waals surface area contributed by atoms with E-state index in [9.17, 15) is 0 Å². The van der Waals surface area contributed by atoms with E-state index in [1.54, 1.807) is 11.3 Å². The third-order valence-corrected chi connectivity index (χ3v) is 3.37. The minimum Gasteiger partial charge on any atom is -0.330 e. The molecule has 1 heterocycles. The molecule has 0 radical (unpaired) electrons. The summed E-state index contributed by atoms with van der Waals surface area (Å²) in [5.74, 6) is 0.488. The number of halogens is 1. The molecule has 12 heavy (non-hydrogen) atoms. The van der Waals surface area contributed by atoms with Crippen molar-refractivity contribution in [2.24, 2.45) is 5.73 Å². The van der Waals surface area contributed by atoms with Crippen LogP contribution in [-0.2, 0) is 6.42 Å². The van der Waals surface area contributed by atoms with Crippen LogP contribution in [-0.4, -0.2) is 11.5 Å². The summed E-state index contributed by atoms with van der Waals surface area (Å²) in [6.45, 7) is 4.97. The first kappa shape index (κ1) is 10.2. The molecule has 0 saturated carbocycles. The van der Waals surface area contributed by atoms with E-state index in [0.717, 1.165) is 20.9 Å². The molecule has 2 nitrogen and oxygen atoms in total. The maximum absolute atomic E-state index is 5.45. The van der Waals surface area contributed by atoms with Gasteiger partial charge in [0.2, 0.25) is 0 Å². The predicted octanol–water partition coefficient (Wildman–Crippen LogP) is 2.53. The number of nitrogens with zero attached hydrogens (tertiary/aromatic N) is 1. The molecule has 68 valence electrons. The third-order valence-electron chi connectivity index (χ3n) is 1.56. The van der Waals surface area contributed by atoms with Crippen LogP contribution >= 0.6 is 27.3 Å². The van der Waals surface area contributed by atoms with Crippen molar-refractivity contribution in [1.82, 2.24) is 4.98 Å². The van der Waals surface area contributed by atoms with Gasteiger partial charge in [-0.05, 0) is 28.4 Å². The van der Waals surface area contributed by atoms with E-state index in [1.165, 1.54) is 0 Å². The maximum Gasteiger partial charge on any atom is 0.0952 e. The van der Waals surface area contributed by atoms with Gasteiger partial charge in [-0.3, -0.25) is 0 Å². The van der Waals surface area contributed by atoms with Crippen LogP contribution in [0, 0.1) is 0 Å². The van der Waals surface area contributed by atoms with Crippen LogP contribution in [0.1, 0.15) is 30.5 Å². The van der Waals surface area contributed by atoms with Gasteiger partial charge in [-0.1, -0.05) is 13.8 Å². The van der Waals surface area contributed by atoms with E-state index >= 15 is 0 Å². The molecule has 0 aliphatic rings. The van der Waals surface area contributed by atoms with Crippen LogP contribution in [0.3, 0.4) is 0 Å². The molecule has 0 aliphatic carbocycles. The Hall–Kier alpha value is 0.0700. The lowest BCUT2D eigenvalue weighted by atomic mass is 10.2. The summed E-state index contributed by atoms with van der Waals surface area (Å²) < 4.78 is 1.15. The average Bonchev–Trinajstić information content (AvgIpc) is 2.32. The molecule has 1 rings (SSSR count). The van der Waals surface area contributed by atoms with Crippen molar-refractivity contribution in [2.75, 3.05) is 6.54 Å². The highest BCUT2D eigenvalue weighted by molar-refractivity contribution is 9.11. The van der Waals surface area contributed by atoms with Gasteiger partial charge in [-0.2, -0.15) is 0 Å². The maximum atomic E-state index is 5.45. The SMILES string of the molecule is CC(C)c1nc(CCN)sc1Br. The normalized spacial score (nSPS) is 11.1. The second kappa shape index (κ2) is 4.35. The van der Waals surface area contributed by atoms with Crippen molar-refractivity contribution in [2.45, 2.75) is 26.2 Å². The monoisotopic (exact) mass is 248 g/mol. The van der Waals surface area contributed by atoms with Gasteiger partial charge in [-0.15, -0.1) is 11.3 Å². The van der Waals surface area contributed by atoms with E-state index < -0.39 is 0 Å². The summed E-state index contributed by atoms with van der Waals surface area (Å²) in [5.41, 5.74) is 6.60. The van der Waals surface area contributed by atoms with Crippen molar-refractivity contribution in [3.63, 3.8) is 0 Å². The van der Waals surface area contributed by atoms with Crippen molar-refractivity contribution >= 4 is 27.3 Å². The summed E-state index contributed by atoms with van der Waals surface area (Å²) in [4.78, 5) is 4.49. The van der Waals surface area contributed by atoms with Crippen molar-refractivity contribution < 1.29 is 0 Å². The third kappa shape index (κ3) is 2.28. The molecular weight excluding hydrogens is 236 g/mol. The Labute approximate surface area is 85.3 Å². The van der Waals surface area contributed by atoms with Gasteiger partial charge in [0.05, 0.1) is 14.5 Å². The minimum atomic E-state index is 0.488. The lowest BCUT2D eigenvalue weighted by molar-refractivity contribution is 0.813. The van der Waals surface area contributed by atoms with Crippen LogP contribution in [0.2, 0.25) is 0 Å². The number of nitrogens with two attached hydrogens (primary N) is 1. The van der Waals surface area contributed by atoms with Gasteiger partial charge in [0.25, 0.3) is 0 Å². The van der Waals surface area contributed by atoms with Crippen LogP contribution in [0.4, 0.5) is 0 Å². The quantitative estimate of drug-likeness (QED) is 0.894. The molecule has 0 bridgehead atoms. The Morgan fingerprint density at radius 3 is 2.67 bits per heavy atom. The van der Waals surface area contributed by atoms with Gasteiger partial charge in [-0.25, -0.2) is 4.98 Å². The van der Waals surface area contributed by atoms with Crippen LogP contribution in [0.5, 0.6) is 0 Å². The first-order valence-corrected chi connectivity index (χ1v) is 5.61. The fourth-order valence-corrected chi connectivity index (χ4v) is 3.01. The Kier molecular flexibility index (Phi) is 3.68. The molecule has 1 aromatic rings. The summed E-state index contributed by atoms with van der Waals surface area (Å²) in [5, 5.41) is 1.13. The zero-order chi connectivity index (χ0) is 9.14. The van der Waals surface area contributed by atoms with Gasteiger partial charge in [0.15, 0.2) is 0 Å². The molecule has 0 atom stereocenters. The Morgan fingerprint density at radius 2 is 2.25 bits per heavy atom. The number of aromatic nitrogens is 1. The molecule has 0 spiro atoms. The summed E-state index contributed by atoms with van der Waals surface area (Å²) >= 11 is 5.20. The van der Waals surface area contributed by atoms with Crippen LogP contribution in [0.15, 0.2) is 3.79 Å². The second-order valence-corrected chi connectivity index (χ2v) is 5.36. The number of hydrogen-bond donors (Lipinski definition) is 1. The van der Waals surface area contributed by atoms with Crippen LogP contribution < -0.4 is 5.73 Å². The standard InChI is InChI=1S/C8H13BrN2S/c1-5(2)7-8(9)12-6(11-7)3-4-10/h5H,3-4,10H2,1-2H3. The van der Waals surface area contributed by atoms with E-state index in [-0.39, 0.29) is 0 Å². The lowest BCUT2D eigenvalue weighted by Crippen LogP contribution is -2.02. The first-order valence-electron chi connectivity index (χ1n) is 4.00. The van der Waals surface area contributed by atoms with Crippen molar-refractivity contribution in [1.29, 1.82) is 0 Å². The molecule has 0 fully saturated rings. The fraction of sp³-hybridized carbons (Fsp3) is 0.625. The summed E-state index contributed by atoms with van der Waals surface area (Å²) in [6, 6.07) is 0. The number of rotatable bonds is 3. The van der Waals surface area contributed by atoms with Crippen molar-refractivity contribution in [3.05, 3.63) is 14.5 Å². The van der Waals surface area contributed by atoms with Gasteiger partial charge in [0, 0.05) is 6.42 Å². The highest BCUT2D eigenvalue weighted by atomic mass is 79.9. The molecule has 2 N–H and O–H groups in total. The Morgan fingerprint density at radius 1 is 1.58 bits per heavy atom. The summed E-state index contributed by atoms with van der Waals surface area (Å²) in [6.07, 6.45) is 0.885. The zero-order valence-corrected chi connectivity index (χ0v) is 9.70. The second-order valence-electron chi connectivity index (χ2n) is 2.96. The molecule has 0 aromatic carbocycles. The smallest absolute Gasteiger partial charge is 0.0952 e. The summed E-state index contributed by atoms with van der Waals surface area (Å²) in [7, 11) is 0. The van der Waals surface area contributed by atoms with Gasteiger partial charge in [0.1, 0.15) is 0 Å². The predicted molar refractivity (Wildman–Crippen MR) is 56.7 cm³/mol. The Balaban J connectivity index is 2.85. The minimum absolute atomic E-state index is 0.488. The topological polar surface area (TPSA) is 38.9 Å². The van der Waals surface area contributed by atoms with Crippen molar-refractivity contribution in [3.8, 4) is 0 Å². The fourth-order valence-electron chi connectivity index (χ4n) is 0.943. The van der Waals surface area contributed by atoms with E-state index in [4.69, 9.17) is 5.73 Å². The largest absolute Gasteiger partial charge is 0.330 e. The molecule has 1 aromatic heterocycles. The van der Waals surface area contributed by atoms with Crippen LogP contribution in [0.25, 0.3) is 0 Å². The number of thiazole rings is 1. The molecule has 0 aliphatic heterocycles. The zero-order valence-electron chi connectivity index (χ0n) is 7.30.